The first-order valence-corrected chi connectivity index (χ1v) is 7.12. The van der Waals surface area contributed by atoms with E-state index in [1.54, 1.807) is 0 Å². The first-order chi connectivity index (χ1) is 8.22. The van der Waals surface area contributed by atoms with Crippen LogP contribution in [0.1, 0.15) is 24.2 Å². The fourth-order valence-corrected chi connectivity index (χ4v) is 3.13. The monoisotopic (exact) mass is 356 g/mol. The number of nitrogens with one attached hydrogen (secondary N) is 2. The van der Waals surface area contributed by atoms with Crippen molar-refractivity contribution < 1.29 is 0 Å². The number of benzene rings is 1. The smallest absolute Gasteiger partial charge is 0.0739 e. The topological polar surface area (TPSA) is 27.8 Å². The summed E-state index contributed by atoms with van der Waals surface area (Å²) < 4.78 is 2.18. The lowest BCUT2D eigenvalue weighted by molar-refractivity contribution is 0.616. The van der Waals surface area contributed by atoms with E-state index in [0.29, 0.717) is 0 Å². The summed E-state index contributed by atoms with van der Waals surface area (Å²) in [7, 11) is 0. The molecule has 0 radical (unpaired) electrons. The minimum Gasteiger partial charge on any atom is -0.363 e. The molecular weight excluding hydrogens is 344 g/mol. The lowest BCUT2D eigenvalue weighted by Gasteiger charge is -2.19. The maximum atomic E-state index is 3.62. The Balaban J connectivity index is 2.39. The van der Waals surface area contributed by atoms with E-state index in [1.165, 1.54) is 11.3 Å². The SMILES string of the molecule is CCNC(c1ccc[nH]1)c1ccc(Br)cc1Br. The summed E-state index contributed by atoms with van der Waals surface area (Å²) in [5.41, 5.74) is 2.41. The van der Waals surface area contributed by atoms with Crippen LogP contribution < -0.4 is 5.32 Å². The quantitative estimate of drug-likeness (QED) is 0.841. The van der Waals surface area contributed by atoms with E-state index in [2.05, 4.69) is 73.3 Å². The summed E-state index contributed by atoms with van der Waals surface area (Å²) in [5, 5.41) is 3.49. The van der Waals surface area contributed by atoms with Crippen LogP contribution in [0, 0.1) is 0 Å². The molecule has 90 valence electrons. The van der Waals surface area contributed by atoms with Gasteiger partial charge in [0, 0.05) is 20.8 Å². The van der Waals surface area contributed by atoms with Gasteiger partial charge in [-0.3, -0.25) is 0 Å². The van der Waals surface area contributed by atoms with E-state index in [0.717, 1.165) is 15.5 Å². The van der Waals surface area contributed by atoms with Crippen molar-refractivity contribution in [3.8, 4) is 0 Å². The number of hydrogen-bond donors (Lipinski definition) is 2. The molecule has 1 unspecified atom stereocenters. The normalized spacial score (nSPS) is 12.6. The number of H-pyrrole nitrogens is 1. The summed E-state index contributed by atoms with van der Waals surface area (Å²) in [5.74, 6) is 0. The molecule has 0 aliphatic rings. The zero-order valence-corrected chi connectivity index (χ0v) is 12.7. The second-order valence-electron chi connectivity index (χ2n) is 3.78. The van der Waals surface area contributed by atoms with Gasteiger partial charge in [-0.15, -0.1) is 0 Å². The first kappa shape index (κ1) is 12.9. The van der Waals surface area contributed by atoms with Crippen LogP contribution in [0.2, 0.25) is 0 Å². The molecule has 0 spiro atoms. The molecular formula is C13H14Br2N2. The lowest BCUT2D eigenvalue weighted by Crippen LogP contribution is -2.22. The van der Waals surface area contributed by atoms with Crippen molar-refractivity contribution >= 4 is 31.9 Å². The van der Waals surface area contributed by atoms with Crippen LogP contribution in [-0.2, 0) is 0 Å². The van der Waals surface area contributed by atoms with Gasteiger partial charge in [0.15, 0.2) is 0 Å². The molecule has 1 heterocycles. The molecule has 1 aromatic carbocycles. The van der Waals surface area contributed by atoms with E-state index in [1.807, 2.05) is 12.3 Å². The van der Waals surface area contributed by atoms with Crippen LogP contribution in [0.3, 0.4) is 0 Å². The molecule has 2 N–H and O–H groups in total. The van der Waals surface area contributed by atoms with Crippen LogP contribution in [0.5, 0.6) is 0 Å². The minimum atomic E-state index is 0.192. The largest absolute Gasteiger partial charge is 0.363 e. The van der Waals surface area contributed by atoms with Crippen molar-refractivity contribution in [1.82, 2.24) is 10.3 Å². The fraction of sp³-hybridized carbons (Fsp3) is 0.231. The Kier molecular flexibility index (Phi) is 4.42. The summed E-state index contributed by atoms with van der Waals surface area (Å²) >= 11 is 7.09. The molecule has 0 saturated heterocycles. The van der Waals surface area contributed by atoms with Crippen molar-refractivity contribution in [3.05, 3.63) is 56.7 Å². The van der Waals surface area contributed by atoms with Gasteiger partial charge in [0.1, 0.15) is 0 Å². The Labute approximate surface area is 118 Å². The van der Waals surface area contributed by atoms with Gasteiger partial charge in [0.05, 0.1) is 6.04 Å². The maximum Gasteiger partial charge on any atom is 0.0739 e. The average molecular weight is 358 g/mol. The molecule has 0 aliphatic heterocycles. The molecule has 0 amide bonds. The zero-order chi connectivity index (χ0) is 12.3. The lowest BCUT2D eigenvalue weighted by atomic mass is 10.0. The van der Waals surface area contributed by atoms with Gasteiger partial charge < -0.3 is 10.3 Å². The third-order valence-corrected chi connectivity index (χ3v) is 3.79. The van der Waals surface area contributed by atoms with E-state index < -0.39 is 0 Å². The summed E-state index contributed by atoms with van der Waals surface area (Å²) in [6, 6.07) is 10.6. The molecule has 17 heavy (non-hydrogen) atoms. The van der Waals surface area contributed by atoms with Gasteiger partial charge >= 0.3 is 0 Å². The second-order valence-corrected chi connectivity index (χ2v) is 5.55. The highest BCUT2D eigenvalue weighted by molar-refractivity contribution is 9.11. The van der Waals surface area contributed by atoms with Crippen molar-refractivity contribution in [1.29, 1.82) is 0 Å². The molecule has 2 nitrogen and oxygen atoms in total. The third kappa shape index (κ3) is 3.00. The Morgan fingerprint density at radius 1 is 1.29 bits per heavy atom. The highest BCUT2D eigenvalue weighted by Gasteiger charge is 2.16. The predicted octanol–water partition coefficient (Wildman–Crippen LogP) is 4.24. The minimum absolute atomic E-state index is 0.192. The molecule has 0 bridgehead atoms. The standard InChI is InChI=1S/C13H14Br2N2/c1-2-16-13(12-4-3-7-17-12)10-6-5-9(14)8-11(10)15/h3-8,13,16-17H,2H2,1H3. The first-order valence-electron chi connectivity index (χ1n) is 5.54. The number of aromatic nitrogens is 1. The average Bonchev–Trinajstić information content (AvgIpc) is 2.80. The third-order valence-electron chi connectivity index (χ3n) is 2.61. The van der Waals surface area contributed by atoms with E-state index in [4.69, 9.17) is 0 Å². The summed E-state index contributed by atoms with van der Waals surface area (Å²) in [6.45, 7) is 3.04. The molecule has 0 fully saturated rings. The Morgan fingerprint density at radius 2 is 2.12 bits per heavy atom. The van der Waals surface area contributed by atoms with Crippen LogP contribution in [0.25, 0.3) is 0 Å². The number of halogens is 2. The molecule has 4 heteroatoms. The van der Waals surface area contributed by atoms with Gasteiger partial charge in [-0.1, -0.05) is 44.8 Å². The maximum absolute atomic E-state index is 3.62. The molecule has 2 rings (SSSR count). The van der Waals surface area contributed by atoms with Crippen LogP contribution >= 0.6 is 31.9 Å². The molecule has 1 aromatic heterocycles. The van der Waals surface area contributed by atoms with E-state index in [9.17, 15) is 0 Å². The zero-order valence-electron chi connectivity index (χ0n) is 9.50. The Hall–Kier alpha value is -0.580. The number of hydrogen-bond acceptors (Lipinski definition) is 1. The highest BCUT2D eigenvalue weighted by atomic mass is 79.9. The van der Waals surface area contributed by atoms with E-state index >= 15 is 0 Å². The fourth-order valence-electron chi connectivity index (χ4n) is 1.85. The van der Waals surface area contributed by atoms with Gasteiger partial charge in [0.2, 0.25) is 0 Å². The molecule has 0 aliphatic carbocycles. The summed E-state index contributed by atoms with van der Waals surface area (Å²) in [6.07, 6.45) is 1.95. The van der Waals surface area contributed by atoms with Crippen LogP contribution in [0.4, 0.5) is 0 Å². The van der Waals surface area contributed by atoms with Gasteiger partial charge in [-0.2, -0.15) is 0 Å². The predicted molar refractivity (Wildman–Crippen MR) is 78.2 cm³/mol. The van der Waals surface area contributed by atoms with Gasteiger partial charge in [-0.05, 0) is 36.4 Å². The molecule has 0 saturated carbocycles. The molecule has 1 atom stereocenters. The van der Waals surface area contributed by atoms with Crippen molar-refractivity contribution in [2.75, 3.05) is 6.54 Å². The number of aromatic amines is 1. The van der Waals surface area contributed by atoms with Crippen LogP contribution in [-0.4, -0.2) is 11.5 Å². The van der Waals surface area contributed by atoms with Crippen LogP contribution in [0.15, 0.2) is 45.5 Å². The molecule has 2 aromatic rings. The van der Waals surface area contributed by atoms with E-state index in [-0.39, 0.29) is 6.04 Å². The highest BCUT2D eigenvalue weighted by Crippen LogP contribution is 2.30. The second kappa shape index (κ2) is 5.85. The van der Waals surface area contributed by atoms with Gasteiger partial charge in [-0.25, -0.2) is 0 Å². The van der Waals surface area contributed by atoms with Crippen molar-refractivity contribution in [2.24, 2.45) is 0 Å². The van der Waals surface area contributed by atoms with Crippen molar-refractivity contribution in [2.45, 2.75) is 13.0 Å². The number of rotatable bonds is 4. The summed E-state index contributed by atoms with van der Waals surface area (Å²) in [4.78, 5) is 3.27. The van der Waals surface area contributed by atoms with Crippen molar-refractivity contribution in [3.63, 3.8) is 0 Å². The Morgan fingerprint density at radius 3 is 2.71 bits per heavy atom. The Bertz CT molecular complexity index is 480. The van der Waals surface area contributed by atoms with Gasteiger partial charge in [0.25, 0.3) is 0 Å².